The molecule has 6 nitrogen and oxygen atoms in total. The minimum atomic E-state index is -0.0439. The number of nitrogens with one attached hydrogen (secondary N) is 1. The molecule has 0 aromatic carbocycles. The van der Waals surface area contributed by atoms with Crippen molar-refractivity contribution in [2.75, 3.05) is 11.9 Å². The molecule has 0 saturated carbocycles. The monoisotopic (exact) mass is 245 g/mol. The molecule has 2 aromatic heterocycles. The first kappa shape index (κ1) is 12.3. The summed E-state index contributed by atoms with van der Waals surface area (Å²) in [6.07, 6.45) is 7.90. The van der Waals surface area contributed by atoms with Crippen molar-refractivity contribution in [1.82, 2.24) is 14.5 Å². The van der Waals surface area contributed by atoms with Crippen LogP contribution in [0, 0.1) is 0 Å². The molecule has 6 heteroatoms. The van der Waals surface area contributed by atoms with E-state index in [-0.39, 0.29) is 5.91 Å². The summed E-state index contributed by atoms with van der Waals surface area (Å²) < 4.78 is 1.79. The lowest BCUT2D eigenvalue weighted by molar-refractivity contribution is -0.116. The predicted octanol–water partition coefficient (Wildman–Crippen LogP) is 0.945. The van der Waals surface area contributed by atoms with Crippen molar-refractivity contribution in [2.45, 2.75) is 12.8 Å². The van der Waals surface area contributed by atoms with E-state index < -0.39 is 0 Å². The summed E-state index contributed by atoms with van der Waals surface area (Å²) in [7, 11) is 0. The zero-order valence-corrected chi connectivity index (χ0v) is 9.91. The Morgan fingerprint density at radius 2 is 2.33 bits per heavy atom. The highest BCUT2D eigenvalue weighted by Gasteiger charge is 2.02. The van der Waals surface area contributed by atoms with Gasteiger partial charge in [-0.25, -0.2) is 9.97 Å². The van der Waals surface area contributed by atoms with Crippen LogP contribution in [0.2, 0.25) is 0 Å². The highest BCUT2D eigenvalue weighted by molar-refractivity contribution is 5.90. The number of carbonyl (C=O) groups excluding carboxylic acids is 1. The molecule has 0 unspecified atom stereocenters. The number of amides is 1. The first-order chi connectivity index (χ1) is 8.79. The standard InChI is InChI=1S/C12H15N5O/c13-5-1-2-12(18)16-10-3-4-11(15-8-10)17-7-6-14-9-17/h3-4,6-9H,1-2,5,13H2,(H,16,18). The fourth-order valence-electron chi connectivity index (χ4n) is 1.49. The number of nitrogens with zero attached hydrogens (tertiary/aromatic N) is 3. The Morgan fingerprint density at radius 3 is 2.94 bits per heavy atom. The summed E-state index contributed by atoms with van der Waals surface area (Å²) >= 11 is 0. The zero-order chi connectivity index (χ0) is 12.8. The van der Waals surface area contributed by atoms with Gasteiger partial charge < -0.3 is 11.1 Å². The third-order valence-electron chi connectivity index (χ3n) is 2.41. The number of aromatic nitrogens is 3. The van der Waals surface area contributed by atoms with E-state index in [0.29, 0.717) is 25.1 Å². The first-order valence-corrected chi connectivity index (χ1v) is 5.74. The van der Waals surface area contributed by atoms with E-state index in [4.69, 9.17) is 5.73 Å². The van der Waals surface area contributed by atoms with Gasteiger partial charge in [0.2, 0.25) is 5.91 Å². The number of pyridine rings is 1. The van der Waals surface area contributed by atoms with Crippen LogP contribution in [0.5, 0.6) is 0 Å². The molecule has 2 aromatic rings. The zero-order valence-electron chi connectivity index (χ0n) is 9.91. The maximum absolute atomic E-state index is 11.5. The number of hydrogen-bond acceptors (Lipinski definition) is 4. The van der Waals surface area contributed by atoms with Crippen LogP contribution in [0.4, 0.5) is 5.69 Å². The molecule has 2 heterocycles. The van der Waals surface area contributed by atoms with E-state index in [2.05, 4.69) is 15.3 Å². The molecule has 0 aliphatic rings. The van der Waals surface area contributed by atoms with E-state index in [9.17, 15) is 4.79 Å². The van der Waals surface area contributed by atoms with Crippen molar-refractivity contribution in [3.63, 3.8) is 0 Å². The highest BCUT2D eigenvalue weighted by atomic mass is 16.1. The summed E-state index contributed by atoms with van der Waals surface area (Å²) in [6, 6.07) is 3.63. The smallest absolute Gasteiger partial charge is 0.224 e. The quantitative estimate of drug-likeness (QED) is 0.821. The van der Waals surface area contributed by atoms with Crippen molar-refractivity contribution in [2.24, 2.45) is 5.73 Å². The van der Waals surface area contributed by atoms with Gasteiger partial charge in [0.25, 0.3) is 0 Å². The Hall–Kier alpha value is -2.21. The molecule has 0 bridgehead atoms. The third-order valence-corrected chi connectivity index (χ3v) is 2.41. The average molecular weight is 245 g/mol. The van der Waals surface area contributed by atoms with Crippen LogP contribution in [0.15, 0.2) is 37.1 Å². The fourth-order valence-corrected chi connectivity index (χ4v) is 1.49. The molecule has 2 rings (SSSR count). The van der Waals surface area contributed by atoms with Crippen LogP contribution in [0.25, 0.3) is 5.82 Å². The van der Waals surface area contributed by atoms with Gasteiger partial charge in [0, 0.05) is 18.8 Å². The van der Waals surface area contributed by atoms with Crippen molar-refractivity contribution < 1.29 is 4.79 Å². The van der Waals surface area contributed by atoms with Crippen molar-refractivity contribution in [3.8, 4) is 5.82 Å². The molecule has 18 heavy (non-hydrogen) atoms. The van der Waals surface area contributed by atoms with Crippen molar-refractivity contribution in [3.05, 3.63) is 37.1 Å². The molecule has 0 atom stereocenters. The van der Waals surface area contributed by atoms with E-state index in [0.717, 1.165) is 5.82 Å². The van der Waals surface area contributed by atoms with Crippen LogP contribution in [0.3, 0.4) is 0 Å². The van der Waals surface area contributed by atoms with E-state index in [1.54, 1.807) is 23.3 Å². The Balaban J connectivity index is 1.98. The largest absolute Gasteiger partial charge is 0.330 e. The van der Waals surface area contributed by atoms with Gasteiger partial charge in [0.15, 0.2) is 0 Å². The number of rotatable bonds is 5. The first-order valence-electron chi connectivity index (χ1n) is 5.74. The van der Waals surface area contributed by atoms with Crippen LogP contribution in [-0.4, -0.2) is 27.0 Å². The third kappa shape index (κ3) is 3.14. The number of hydrogen-bond donors (Lipinski definition) is 2. The van der Waals surface area contributed by atoms with Crippen molar-refractivity contribution >= 4 is 11.6 Å². The predicted molar refractivity (Wildman–Crippen MR) is 68.3 cm³/mol. The Morgan fingerprint density at radius 1 is 1.44 bits per heavy atom. The molecular formula is C12H15N5O. The molecule has 1 amide bonds. The molecule has 0 aliphatic carbocycles. The van der Waals surface area contributed by atoms with E-state index in [1.165, 1.54) is 0 Å². The Kier molecular flexibility index (Phi) is 4.03. The molecule has 0 radical (unpaired) electrons. The number of anilines is 1. The Bertz CT molecular complexity index is 492. The van der Waals surface area contributed by atoms with Gasteiger partial charge in [-0.2, -0.15) is 0 Å². The summed E-state index contributed by atoms with van der Waals surface area (Å²) in [5.41, 5.74) is 6.02. The molecule has 0 spiro atoms. The average Bonchev–Trinajstić information content (AvgIpc) is 2.91. The molecular weight excluding hydrogens is 230 g/mol. The van der Waals surface area contributed by atoms with Gasteiger partial charge >= 0.3 is 0 Å². The number of imidazole rings is 1. The lowest BCUT2D eigenvalue weighted by Crippen LogP contribution is -2.13. The summed E-state index contributed by atoms with van der Waals surface area (Å²) in [5, 5.41) is 2.77. The maximum atomic E-state index is 11.5. The molecule has 0 saturated heterocycles. The lowest BCUT2D eigenvalue weighted by atomic mass is 10.3. The highest BCUT2D eigenvalue weighted by Crippen LogP contribution is 2.09. The Labute approximate surface area is 105 Å². The van der Waals surface area contributed by atoms with E-state index in [1.807, 2.05) is 18.3 Å². The van der Waals surface area contributed by atoms with Gasteiger partial charge in [0.1, 0.15) is 12.1 Å². The lowest BCUT2D eigenvalue weighted by Gasteiger charge is -2.05. The van der Waals surface area contributed by atoms with Crippen LogP contribution in [0.1, 0.15) is 12.8 Å². The normalized spacial score (nSPS) is 10.3. The SMILES string of the molecule is NCCCC(=O)Nc1ccc(-n2ccnc2)nc1. The second kappa shape index (κ2) is 5.92. The van der Waals surface area contributed by atoms with Crippen LogP contribution < -0.4 is 11.1 Å². The van der Waals surface area contributed by atoms with Crippen LogP contribution in [-0.2, 0) is 4.79 Å². The van der Waals surface area contributed by atoms with Gasteiger partial charge in [-0.1, -0.05) is 0 Å². The van der Waals surface area contributed by atoms with Crippen molar-refractivity contribution in [1.29, 1.82) is 0 Å². The van der Waals surface area contributed by atoms with E-state index >= 15 is 0 Å². The number of nitrogens with two attached hydrogens (primary N) is 1. The molecule has 0 fully saturated rings. The molecule has 94 valence electrons. The maximum Gasteiger partial charge on any atom is 0.224 e. The van der Waals surface area contributed by atoms with Gasteiger partial charge in [0.05, 0.1) is 11.9 Å². The second-order valence-electron chi connectivity index (χ2n) is 3.82. The second-order valence-corrected chi connectivity index (χ2v) is 3.82. The summed E-state index contributed by atoms with van der Waals surface area (Å²) in [4.78, 5) is 19.7. The minimum Gasteiger partial charge on any atom is -0.330 e. The molecule has 0 aliphatic heterocycles. The fraction of sp³-hybridized carbons (Fsp3) is 0.250. The number of carbonyl (C=O) groups is 1. The minimum absolute atomic E-state index is 0.0439. The van der Waals surface area contributed by atoms with Crippen LogP contribution >= 0.6 is 0 Å². The summed E-state index contributed by atoms with van der Waals surface area (Å²) in [6.45, 7) is 0.519. The molecule has 3 N–H and O–H groups in total. The topological polar surface area (TPSA) is 85.8 Å². The van der Waals surface area contributed by atoms with Gasteiger partial charge in [-0.05, 0) is 25.1 Å². The van der Waals surface area contributed by atoms with Gasteiger partial charge in [-0.15, -0.1) is 0 Å². The van der Waals surface area contributed by atoms with Gasteiger partial charge in [-0.3, -0.25) is 9.36 Å². The summed E-state index contributed by atoms with van der Waals surface area (Å²) in [5.74, 6) is 0.713.